The topological polar surface area (TPSA) is 55.6 Å². The molecule has 0 atom stereocenters. The molecule has 0 saturated heterocycles. The fourth-order valence-corrected chi connectivity index (χ4v) is 1.68. The molecule has 1 aromatic carbocycles. The minimum absolute atomic E-state index is 0.213. The zero-order valence-electron chi connectivity index (χ0n) is 11.4. The van der Waals surface area contributed by atoms with Gasteiger partial charge in [-0.05, 0) is 18.6 Å². The van der Waals surface area contributed by atoms with Crippen molar-refractivity contribution >= 4 is 28.9 Å². The molecule has 0 aromatic heterocycles. The van der Waals surface area contributed by atoms with Crippen LogP contribution in [-0.4, -0.2) is 31.2 Å². The lowest BCUT2D eigenvalue weighted by atomic mass is 10.2. The van der Waals surface area contributed by atoms with Gasteiger partial charge in [0.15, 0.2) is 0 Å². The van der Waals surface area contributed by atoms with Gasteiger partial charge in [-0.2, -0.15) is 0 Å². The number of rotatable bonds is 7. The third kappa shape index (κ3) is 5.26. The lowest BCUT2D eigenvalue weighted by Gasteiger charge is -2.19. The number of nitrogens with two attached hydrogens (primary N) is 1. The summed E-state index contributed by atoms with van der Waals surface area (Å²) in [5.74, 6) is -0.225. The summed E-state index contributed by atoms with van der Waals surface area (Å²) in [5.41, 5.74) is 7.26. The molecule has 2 N–H and O–H groups in total. The molecule has 0 spiro atoms. The largest absolute Gasteiger partial charge is 0.464 e. The molecule has 5 heteroatoms. The zero-order valence-corrected chi connectivity index (χ0v) is 12.2. The molecule has 0 aliphatic heterocycles. The van der Waals surface area contributed by atoms with E-state index >= 15 is 0 Å². The van der Waals surface area contributed by atoms with Gasteiger partial charge in [-0.15, -0.1) is 0 Å². The van der Waals surface area contributed by atoms with Crippen LogP contribution < -0.4 is 10.6 Å². The van der Waals surface area contributed by atoms with E-state index in [-0.39, 0.29) is 12.5 Å². The molecule has 0 radical (unpaired) electrons. The lowest BCUT2D eigenvalue weighted by Crippen LogP contribution is -2.27. The summed E-state index contributed by atoms with van der Waals surface area (Å²) in [6.45, 7) is 2.75. The summed E-state index contributed by atoms with van der Waals surface area (Å²) in [7, 11) is 1.83. The number of hydrogen-bond acceptors (Lipinski definition) is 4. The number of benzene rings is 1. The van der Waals surface area contributed by atoms with Gasteiger partial charge in [0.05, 0.1) is 6.61 Å². The second-order valence-electron chi connectivity index (χ2n) is 4.34. The summed E-state index contributed by atoms with van der Waals surface area (Å²) in [5, 5.41) is 0. The number of thiocarbonyl (C=S) groups is 1. The highest BCUT2D eigenvalue weighted by atomic mass is 32.1. The van der Waals surface area contributed by atoms with E-state index in [2.05, 4.69) is 6.92 Å². The predicted octanol–water partition coefficient (Wildman–Crippen LogP) is 2.10. The third-order valence-electron chi connectivity index (χ3n) is 2.70. The normalized spacial score (nSPS) is 10.0. The average molecular weight is 280 g/mol. The minimum atomic E-state index is -0.225. The van der Waals surface area contributed by atoms with Crippen molar-refractivity contribution in [2.75, 3.05) is 25.1 Å². The summed E-state index contributed by atoms with van der Waals surface area (Å²) in [6, 6.07) is 7.48. The van der Waals surface area contributed by atoms with Crippen molar-refractivity contribution in [1.82, 2.24) is 0 Å². The van der Waals surface area contributed by atoms with Gasteiger partial charge in [0.2, 0.25) is 0 Å². The van der Waals surface area contributed by atoms with Crippen molar-refractivity contribution in [3.63, 3.8) is 0 Å². The first-order chi connectivity index (χ1) is 9.04. The van der Waals surface area contributed by atoms with Crippen LogP contribution >= 0.6 is 12.2 Å². The van der Waals surface area contributed by atoms with Gasteiger partial charge < -0.3 is 15.4 Å². The minimum Gasteiger partial charge on any atom is -0.464 e. The third-order valence-corrected chi connectivity index (χ3v) is 2.93. The van der Waals surface area contributed by atoms with E-state index in [9.17, 15) is 4.79 Å². The zero-order chi connectivity index (χ0) is 14.3. The summed E-state index contributed by atoms with van der Waals surface area (Å²) >= 11 is 4.93. The molecule has 104 valence electrons. The summed E-state index contributed by atoms with van der Waals surface area (Å²) in [6.07, 6.45) is 1.91. The highest BCUT2D eigenvalue weighted by Crippen LogP contribution is 2.14. The van der Waals surface area contributed by atoms with Gasteiger partial charge in [0, 0.05) is 18.3 Å². The highest BCUT2D eigenvalue weighted by Gasteiger charge is 2.09. The van der Waals surface area contributed by atoms with E-state index in [1.54, 1.807) is 0 Å². The molecular weight excluding hydrogens is 260 g/mol. The van der Waals surface area contributed by atoms with Gasteiger partial charge in [-0.1, -0.05) is 37.7 Å². The Labute approximate surface area is 119 Å². The van der Waals surface area contributed by atoms with Crippen molar-refractivity contribution in [1.29, 1.82) is 0 Å². The van der Waals surface area contributed by atoms with Crippen molar-refractivity contribution in [2.45, 2.75) is 19.8 Å². The van der Waals surface area contributed by atoms with Gasteiger partial charge in [0.1, 0.15) is 11.5 Å². The van der Waals surface area contributed by atoms with Crippen LogP contribution in [0.15, 0.2) is 24.3 Å². The maximum atomic E-state index is 11.6. The molecule has 4 nitrogen and oxygen atoms in total. The Hall–Kier alpha value is -1.62. The number of anilines is 1. The average Bonchev–Trinajstić information content (AvgIpc) is 2.39. The Morgan fingerprint density at radius 1 is 1.47 bits per heavy atom. The number of likely N-dealkylation sites (N-methyl/N-ethyl adjacent to an activating group) is 1. The Morgan fingerprint density at radius 3 is 2.84 bits per heavy atom. The monoisotopic (exact) mass is 280 g/mol. The highest BCUT2D eigenvalue weighted by molar-refractivity contribution is 7.80. The number of unbranched alkanes of at least 4 members (excludes halogenated alkanes) is 1. The van der Waals surface area contributed by atoms with Crippen LogP contribution in [-0.2, 0) is 9.53 Å². The first-order valence-electron chi connectivity index (χ1n) is 6.31. The van der Waals surface area contributed by atoms with Crippen LogP contribution in [0.2, 0.25) is 0 Å². The maximum Gasteiger partial charge on any atom is 0.325 e. The van der Waals surface area contributed by atoms with E-state index in [0.29, 0.717) is 11.6 Å². The van der Waals surface area contributed by atoms with Crippen LogP contribution in [0.3, 0.4) is 0 Å². The van der Waals surface area contributed by atoms with E-state index in [4.69, 9.17) is 22.7 Å². The number of hydrogen-bond donors (Lipinski definition) is 1. The predicted molar refractivity (Wildman–Crippen MR) is 81.5 cm³/mol. The van der Waals surface area contributed by atoms with Crippen molar-refractivity contribution < 1.29 is 9.53 Å². The fourth-order valence-electron chi connectivity index (χ4n) is 1.56. The van der Waals surface area contributed by atoms with Gasteiger partial charge >= 0.3 is 5.97 Å². The van der Waals surface area contributed by atoms with Crippen LogP contribution in [0.1, 0.15) is 25.3 Å². The lowest BCUT2D eigenvalue weighted by molar-refractivity contribution is -0.142. The van der Waals surface area contributed by atoms with E-state index in [1.165, 1.54) is 0 Å². The van der Waals surface area contributed by atoms with Gasteiger partial charge in [0.25, 0.3) is 0 Å². The van der Waals surface area contributed by atoms with Gasteiger partial charge in [-0.3, -0.25) is 4.79 Å². The first kappa shape index (κ1) is 15.4. The number of ether oxygens (including phenoxy) is 1. The van der Waals surface area contributed by atoms with E-state index in [0.717, 1.165) is 24.1 Å². The molecule has 0 bridgehead atoms. The molecule has 0 saturated carbocycles. The second kappa shape index (κ2) is 7.74. The van der Waals surface area contributed by atoms with E-state index < -0.39 is 0 Å². The van der Waals surface area contributed by atoms with Crippen molar-refractivity contribution in [3.8, 4) is 0 Å². The molecule has 0 heterocycles. The second-order valence-corrected chi connectivity index (χ2v) is 4.78. The molecule has 0 aliphatic rings. The maximum absolute atomic E-state index is 11.6. The molecule has 0 amide bonds. The number of carbonyl (C=O) groups excluding carboxylic acids is 1. The molecule has 0 unspecified atom stereocenters. The Bertz CT molecular complexity index is 449. The first-order valence-corrected chi connectivity index (χ1v) is 6.72. The number of esters is 1. The quantitative estimate of drug-likeness (QED) is 0.471. The van der Waals surface area contributed by atoms with Crippen LogP contribution in [0.25, 0.3) is 0 Å². The van der Waals surface area contributed by atoms with Crippen LogP contribution in [0, 0.1) is 0 Å². The molecule has 1 aromatic rings. The number of carbonyl (C=O) groups is 1. The Kier molecular flexibility index (Phi) is 6.29. The number of nitrogens with zero attached hydrogens (tertiary/aromatic N) is 1. The van der Waals surface area contributed by atoms with Crippen LogP contribution in [0.4, 0.5) is 5.69 Å². The van der Waals surface area contributed by atoms with Crippen molar-refractivity contribution in [2.24, 2.45) is 5.73 Å². The molecule has 0 fully saturated rings. The molecule has 0 aliphatic carbocycles. The Balaban J connectivity index is 2.57. The smallest absolute Gasteiger partial charge is 0.325 e. The molecular formula is C14H20N2O2S. The van der Waals surface area contributed by atoms with Crippen LogP contribution in [0.5, 0.6) is 0 Å². The molecule has 1 rings (SSSR count). The van der Waals surface area contributed by atoms with Crippen molar-refractivity contribution in [3.05, 3.63) is 29.8 Å². The van der Waals surface area contributed by atoms with E-state index in [1.807, 2.05) is 36.2 Å². The SMILES string of the molecule is CCCCOC(=O)CN(C)c1cccc(C(N)=S)c1. The van der Waals surface area contributed by atoms with Gasteiger partial charge in [-0.25, -0.2) is 0 Å². The summed E-state index contributed by atoms with van der Waals surface area (Å²) < 4.78 is 5.12. The summed E-state index contributed by atoms with van der Waals surface area (Å²) in [4.78, 5) is 13.8. The Morgan fingerprint density at radius 2 is 2.21 bits per heavy atom. The fraction of sp³-hybridized carbons (Fsp3) is 0.429. The molecule has 19 heavy (non-hydrogen) atoms. The standard InChI is InChI=1S/C14H20N2O2S/c1-3-4-8-18-13(17)10-16(2)12-7-5-6-11(9-12)14(15)19/h5-7,9H,3-4,8,10H2,1-2H3,(H2,15,19).